The highest BCUT2D eigenvalue weighted by Gasteiger charge is 2.62. The van der Waals surface area contributed by atoms with E-state index in [9.17, 15) is 27.5 Å². The summed E-state index contributed by atoms with van der Waals surface area (Å²) < 4.78 is 54.5. The Morgan fingerprint density at radius 1 is 1.25 bits per heavy atom. The minimum Gasteiger partial charge on any atom is -0.403 e. The minimum atomic E-state index is -5.07. The number of nitrogens with zero attached hydrogens (tertiary/aromatic N) is 1. The van der Waals surface area contributed by atoms with Crippen molar-refractivity contribution in [1.82, 2.24) is 15.5 Å². The number of alkyl halides is 3. The Hall–Kier alpha value is -2.85. The zero-order valence-corrected chi connectivity index (χ0v) is 17.0. The lowest BCUT2D eigenvalue weighted by Crippen LogP contribution is -2.33. The van der Waals surface area contributed by atoms with Gasteiger partial charge in [-0.1, -0.05) is 11.6 Å². The summed E-state index contributed by atoms with van der Waals surface area (Å²) in [5.41, 5.74) is 0.0894. The molecule has 2 aromatic carbocycles. The number of carbonyl (C=O) groups excluding carboxylic acids is 1. The highest BCUT2D eigenvalue weighted by Crippen LogP contribution is 2.60. The lowest BCUT2D eigenvalue weighted by atomic mass is 9.86. The minimum absolute atomic E-state index is 0.00349. The normalized spacial score (nSPS) is 26.8. The van der Waals surface area contributed by atoms with Crippen LogP contribution in [0.15, 0.2) is 36.5 Å². The van der Waals surface area contributed by atoms with Crippen LogP contribution >= 0.6 is 11.6 Å². The first-order valence-electron chi connectivity index (χ1n) is 9.76. The Labute approximate surface area is 183 Å². The maximum Gasteiger partial charge on any atom is 0.573 e. The molecule has 168 valence electrons. The zero-order valence-electron chi connectivity index (χ0n) is 16.2. The second-order valence-electron chi connectivity index (χ2n) is 8.24. The van der Waals surface area contributed by atoms with Crippen LogP contribution in [0.1, 0.15) is 28.8 Å². The van der Waals surface area contributed by atoms with Gasteiger partial charge in [-0.2, -0.15) is 5.10 Å². The Balaban J connectivity index is 1.28. The van der Waals surface area contributed by atoms with Gasteiger partial charge < -0.3 is 15.2 Å². The molecule has 5 rings (SSSR count). The van der Waals surface area contributed by atoms with E-state index in [2.05, 4.69) is 20.3 Å². The van der Waals surface area contributed by atoms with E-state index >= 15 is 0 Å². The molecule has 1 heterocycles. The number of rotatable bonds is 4. The molecule has 6 nitrogen and oxygen atoms in total. The Morgan fingerprint density at radius 3 is 2.66 bits per heavy atom. The summed E-state index contributed by atoms with van der Waals surface area (Å²) in [5.74, 6) is -2.94. The number of amides is 1. The second-order valence-corrected chi connectivity index (χ2v) is 8.68. The van der Waals surface area contributed by atoms with E-state index in [1.165, 1.54) is 0 Å². The maximum absolute atomic E-state index is 13.6. The molecule has 0 unspecified atom stereocenters. The third kappa shape index (κ3) is 3.67. The molecule has 11 heteroatoms. The van der Waals surface area contributed by atoms with Crippen molar-refractivity contribution in [2.75, 3.05) is 0 Å². The van der Waals surface area contributed by atoms with Crippen LogP contribution in [0, 0.1) is 17.7 Å². The van der Waals surface area contributed by atoms with Gasteiger partial charge in [0.2, 0.25) is 0 Å². The van der Waals surface area contributed by atoms with Gasteiger partial charge >= 0.3 is 6.36 Å². The predicted octanol–water partition coefficient (Wildman–Crippen LogP) is 4.28. The Morgan fingerprint density at radius 2 is 1.97 bits per heavy atom. The van der Waals surface area contributed by atoms with Crippen molar-refractivity contribution in [3.05, 3.63) is 58.5 Å². The van der Waals surface area contributed by atoms with E-state index in [1.807, 2.05) is 0 Å². The van der Waals surface area contributed by atoms with Crippen molar-refractivity contribution >= 4 is 28.4 Å². The van der Waals surface area contributed by atoms with Crippen LogP contribution in [0.5, 0.6) is 5.75 Å². The highest BCUT2D eigenvalue weighted by molar-refractivity contribution is 6.31. The molecule has 0 spiro atoms. The Bertz CT molecular complexity index is 1220. The number of nitrogens with one attached hydrogen (secondary N) is 2. The van der Waals surface area contributed by atoms with Crippen molar-refractivity contribution in [2.45, 2.75) is 30.8 Å². The molecule has 2 aliphatic carbocycles. The van der Waals surface area contributed by atoms with Gasteiger partial charge in [-0.05, 0) is 60.6 Å². The van der Waals surface area contributed by atoms with Crippen LogP contribution in [0.2, 0.25) is 5.02 Å². The van der Waals surface area contributed by atoms with Crippen LogP contribution in [0.4, 0.5) is 17.6 Å². The number of aromatic amines is 1. The number of carbonyl (C=O) groups is 1. The highest BCUT2D eigenvalue weighted by atomic mass is 35.5. The third-order valence-electron chi connectivity index (χ3n) is 6.22. The average molecular weight is 470 g/mol. The smallest absolute Gasteiger partial charge is 0.403 e. The van der Waals surface area contributed by atoms with Crippen molar-refractivity contribution in [3.63, 3.8) is 0 Å². The molecular formula is C21H16ClF4N3O3. The van der Waals surface area contributed by atoms with Crippen LogP contribution in [-0.4, -0.2) is 33.6 Å². The number of halogens is 5. The molecular weight excluding hydrogens is 454 g/mol. The predicted molar refractivity (Wildman–Crippen MR) is 106 cm³/mol. The van der Waals surface area contributed by atoms with Gasteiger partial charge in [0.15, 0.2) is 11.6 Å². The summed E-state index contributed by atoms with van der Waals surface area (Å²) in [6, 6.07) is 5.74. The van der Waals surface area contributed by atoms with E-state index in [4.69, 9.17) is 11.6 Å². The van der Waals surface area contributed by atoms with Gasteiger partial charge in [-0.15, -0.1) is 13.2 Å². The van der Waals surface area contributed by atoms with Crippen LogP contribution in [-0.2, 0) is 5.60 Å². The van der Waals surface area contributed by atoms with Gasteiger partial charge in [0, 0.05) is 22.0 Å². The largest absolute Gasteiger partial charge is 0.573 e. The number of benzene rings is 2. The monoisotopic (exact) mass is 469 g/mol. The maximum atomic E-state index is 13.6. The molecule has 2 fully saturated rings. The number of aromatic nitrogens is 2. The van der Waals surface area contributed by atoms with Crippen molar-refractivity contribution in [1.29, 1.82) is 0 Å². The fourth-order valence-electron chi connectivity index (χ4n) is 4.78. The first kappa shape index (κ1) is 21.0. The summed E-state index contributed by atoms with van der Waals surface area (Å²) in [7, 11) is 0. The van der Waals surface area contributed by atoms with E-state index < -0.39 is 29.4 Å². The van der Waals surface area contributed by atoms with Crippen molar-refractivity contribution < 1.29 is 32.2 Å². The standard InChI is InChI=1S/C21H16ClF4N3O3/c22-10-4-14(13-8-27-29-16(13)5-10)20(31)6-11-12(7-20)18(11)28-19(30)9-1-2-15(23)17(3-9)32-21(24,25)26/h1-5,8,11-12,18,31H,6-7H2,(H,27,29)(H,28,30)/t11-,12+,18-,20+. The topological polar surface area (TPSA) is 87.2 Å². The molecule has 0 saturated heterocycles. The van der Waals surface area contributed by atoms with Gasteiger partial charge in [0.1, 0.15) is 0 Å². The first-order chi connectivity index (χ1) is 15.0. The van der Waals surface area contributed by atoms with Crippen molar-refractivity contribution in [2.24, 2.45) is 11.8 Å². The molecule has 4 atom stereocenters. The van der Waals surface area contributed by atoms with Crippen LogP contribution in [0.3, 0.4) is 0 Å². The van der Waals surface area contributed by atoms with E-state index in [0.717, 1.165) is 17.5 Å². The second kappa shape index (κ2) is 7.08. The van der Waals surface area contributed by atoms with Crippen LogP contribution < -0.4 is 10.1 Å². The van der Waals surface area contributed by atoms with Crippen LogP contribution in [0.25, 0.3) is 10.9 Å². The summed E-state index contributed by atoms with van der Waals surface area (Å²) in [5, 5.41) is 22.1. The molecule has 32 heavy (non-hydrogen) atoms. The van der Waals surface area contributed by atoms with E-state index in [0.29, 0.717) is 35.0 Å². The summed E-state index contributed by atoms with van der Waals surface area (Å²) in [6.07, 6.45) is -2.68. The lowest BCUT2D eigenvalue weighted by molar-refractivity contribution is -0.275. The molecule has 2 aliphatic rings. The zero-order chi connectivity index (χ0) is 22.8. The van der Waals surface area contributed by atoms with Crippen molar-refractivity contribution in [3.8, 4) is 5.75 Å². The number of H-pyrrole nitrogens is 1. The summed E-state index contributed by atoms with van der Waals surface area (Å²) in [4.78, 5) is 12.5. The number of hydrogen-bond donors (Lipinski definition) is 3. The summed E-state index contributed by atoms with van der Waals surface area (Å²) in [6.45, 7) is 0. The summed E-state index contributed by atoms with van der Waals surface area (Å²) >= 11 is 6.17. The number of ether oxygens (including phenoxy) is 1. The average Bonchev–Trinajstić information content (AvgIpc) is 3.07. The molecule has 0 aliphatic heterocycles. The molecule has 3 N–H and O–H groups in total. The van der Waals surface area contributed by atoms with Gasteiger partial charge in [0.25, 0.3) is 5.91 Å². The fraction of sp³-hybridized carbons (Fsp3) is 0.333. The molecule has 0 radical (unpaired) electrons. The fourth-order valence-corrected chi connectivity index (χ4v) is 5.00. The van der Waals surface area contributed by atoms with E-state index in [1.54, 1.807) is 18.3 Å². The molecule has 0 bridgehead atoms. The molecule has 1 aromatic heterocycles. The lowest BCUT2D eigenvalue weighted by Gasteiger charge is -2.27. The SMILES string of the molecule is O=C(N[C@@H]1[C@@H]2C[C@@](O)(c3cc(Cl)cc4[nH]ncc34)C[C@@H]21)c1ccc(F)c(OC(F)(F)F)c1. The Kier molecular flexibility index (Phi) is 4.65. The molecule has 2 saturated carbocycles. The van der Waals surface area contributed by atoms with Gasteiger partial charge in [-0.3, -0.25) is 9.89 Å². The van der Waals surface area contributed by atoms with Gasteiger partial charge in [0.05, 0.1) is 17.3 Å². The first-order valence-corrected chi connectivity index (χ1v) is 10.1. The molecule has 3 aromatic rings. The van der Waals surface area contributed by atoms with Gasteiger partial charge in [-0.25, -0.2) is 4.39 Å². The number of hydrogen-bond acceptors (Lipinski definition) is 4. The van der Waals surface area contributed by atoms with E-state index in [-0.39, 0.29) is 23.4 Å². The third-order valence-corrected chi connectivity index (χ3v) is 6.44. The molecule has 1 amide bonds. The quantitative estimate of drug-likeness (QED) is 0.498. The number of aliphatic hydroxyl groups is 1. The number of fused-ring (bicyclic) bond motifs is 2.